The van der Waals surface area contributed by atoms with E-state index >= 15 is 0 Å². The quantitative estimate of drug-likeness (QED) is 0.663. The average molecular weight is 306 g/mol. The van der Waals surface area contributed by atoms with Gasteiger partial charge in [0.1, 0.15) is 0 Å². The van der Waals surface area contributed by atoms with E-state index in [0.717, 1.165) is 23.8 Å². The summed E-state index contributed by atoms with van der Waals surface area (Å²) in [5.41, 5.74) is 2.97. The molecule has 0 spiro atoms. The normalized spacial score (nSPS) is 21.3. The van der Waals surface area contributed by atoms with Crippen molar-refractivity contribution in [2.24, 2.45) is 9.57 Å². The first kappa shape index (κ1) is 15.9. The third kappa shape index (κ3) is 5.06. The summed E-state index contributed by atoms with van der Waals surface area (Å²) < 4.78 is 4.35. The molecule has 0 radical (unpaired) electrons. The summed E-state index contributed by atoms with van der Waals surface area (Å²) in [7, 11) is -0.202. The highest BCUT2D eigenvalue weighted by Crippen LogP contribution is 2.14. The molecule has 6 heteroatoms. The highest BCUT2D eigenvalue weighted by atomic mass is 32.2. The number of anilines is 1. The molecule has 0 saturated carbocycles. The molecule has 1 aliphatic rings. The van der Waals surface area contributed by atoms with Crippen LogP contribution in [0.2, 0.25) is 0 Å². The summed E-state index contributed by atoms with van der Waals surface area (Å²) in [5.74, 6) is 0.858. The molecular formula is C15H22N4OS. The fraction of sp³-hybridized carbons (Fsp3) is 0.467. The molecule has 1 amide bonds. The first-order valence-corrected chi connectivity index (χ1v) is 8.45. The Bertz CT molecular complexity index is 562. The van der Waals surface area contributed by atoms with Crippen LogP contribution in [0.25, 0.3) is 0 Å². The lowest BCUT2D eigenvalue weighted by molar-refractivity contribution is -0.116. The van der Waals surface area contributed by atoms with Crippen molar-refractivity contribution in [3.63, 3.8) is 0 Å². The second-order valence-electron chi connectivity index (χ2n) is 5.37. The van der Waals surface area contributed by atoms with Crippen molar-refractivity contribution in [3.05, 3.63) is 29.8 Å². The fourth-order valence-corrected chi connectivity index (χ4v) is 3.67. The van der Waals surface area contributed by atoms with Gasteiger partial charge in [0.15, 0.2) is 0 Å². The number of rotatable bonds is 4. The van der Waals surface area contributed by atoms with Crippen LogP contribution in [0.3, 0.4) is 0 Å². The molecular weight excluding hydrogens is 284 g/mol. The standard InChI is InChI=1S/C15H22N4OS/c1-11(2)18-19-21-10-16-9-14(21)8-15(20)17-13-6-4-12(3)5-7-13/h4-7,14,16H,8-10H2,1-3H3,(H,17,20). The molecule has 1 fully saturated rings. The number of nitrogens with one attached hydrogen (secondary N) is 2. The van der Waals surface area contributed by atoms with Gasteiger partial charge in [0.25, 0.3) is 0 Å². The minimum atomic E-state index is -0.202. The van der Waals surface area contributed by atoms with Crippen LogP contribution in [0.4, 0.5) is 5.69 Å². The van der Waals surface area contributed by atoms with E-state index in [1.165, 1.54) is 5.56 Å². The largest absolute Gasteiger partial charge is 0.326 e. The molecule has 2 rings (SSSR count). The lowest BCUT2D eigenvalue weighted by atomic mass is 10.2. The Morgan fingerprint density at radius 1 is 1.38 bits per heavy atom. The van der Waals surface area contributed by atoms with E-state index in [9.17, 15) is 4.79 Å². The first-order chi connectivity index (χ1) is 10.0. The Labute approximate surface area is 128 Å². The molecule has 5 nitrogen and oxygen atoms in total. The van der Waals surface area contributed by atoms with E-state index in [-0.39, 0.29) is 21.8 Å². The Morgan fingerprint density at radius 3 is 2.76 bits per heavy atom. The smallest absolute Gasteiger partial charge is 0.225 e. The van der Waals surface area contributed by atoms with Crippen LogP contribution in [-0.2, 0) is 15.5 Å². The van der Waals surface area contributed by atoms with E-state index in [0.29, 0.717) is 6.42 Å². The van der Waals surface area contributed by atoms with Crippen LogP contribution < -0.4 is 10.6 Å². The van der Waals surface area contributed by atoms with E-state index in [1.54, 1.807) is 0 Å². The summed E-state index contributed by atoms with van der Waals surface area (Å²) in [6.07, 6.45) is 0.478. The summed E-state index contributed by atoms with van der Waals surface area (Å²) in [4.78, 5) is 12.1. The number of amides is 1. The zero-order valence-corrected chi connectivity index (χ0v) is 13.5. The van der Waals surface area contributed by atoms with Gasteiger partial charge in [-0.05, 0) is 32.9 Å². The van der Waals surface area contributed by atoms with Crippen molar-refractivity contribution in [1.82, 2.24) is 5.32 Å². The van der Waals surface area contributed by atoms with Crippen molar-refractivity contribution >= 4 is 28.0 Å². The van der Waals surface area contributed by atoms with Crippen LogP contribution in [-0.4, -0.2) is 29.3 Å². The zero-order chi connectivity index (χ0) is 15.2. The Hall–Kier alpha value is -1.53. The Kier molecular flexibility index (Phi) is 5.64. The number of carbonyl (C=O) groups excluding carboxylic acids is 1. The van der Waals surface area contributed by atoms with E-state index < -0.39 is 0 Å². The van der Waals surface area contributed by atoms with Crippen molar-refractivity contribution in [1.29, 1.82) is 0 Å². The number of benzene rings is 1. The van der Waals surface area contributed by atoms with Crippen molar-refractivity contribution in [2.75, 3.05) is 17.7 Å². The molecule has 21 heavy (non-hydrogen) atoms. The number of carbonyl (C=O) groups is 1. The van der Waals surface area contributed by atoms with Gasteiger partial charge in [-0.2, -0.15) is 5.10 Å². The van der Waals surface area contributed by atoms with Gasteiger partial charge in [0.2, 0.25) is 5.91 Å². The number of nitrogens with zero attached hydrogens (tertiary/aromatic N) is 2. The van der Waals surface area contributed by atoms with Crippen molar-refractivity contribution in [2.45, 2.75) is 32.4 Å². The monoisotopic (exact) mass is 306 g/mol. The average Bonchev–Trinajstić information content (AvgIpc) is 2.86. The van der Waals surface area contributed by atoms with Crippen molar-refractivity contribution < 1.29 is 4.79 Å². The second kappa shape index (κ2) is 7.47. The van der Waals surface area contributed by atoms with Crippen LogP contribution in [0.15, 0.2) is 33.8 Å². The molecule has 0 aliphatic carbocycles. The third-order valence-corrected chi connectivity index (χ3v) is 4.99. The van der Waals surface area contributed by atoms with Gasteiger partial charge >= 0.3 is 0 Å². The minimum Gasteiger partial charge on any atom is -0.326 e. The number of aryl methyl sites for hydroxylation is 1. The van der Waals surface area contributed by atoms with Gasteiger partial charge in [-0.15, -0.1) is 4.47 Å². The minimum absolute atomic E-state index is 0.0393. The summed E-state index contributed by atoms with van der Waals surface area (Å²) >= 11 is 0. The Morgan fingerprint density at radius 2 is 2.10 bits per heavy atom. The lowest BCUT2D eigenvalue weighted by Gasteiger charge is -2.11. The van der Waals surface area contributed by atoms with Gasteiger partial charge in [-0.1, -0.05) is 28.4 Å². The molecule has 2 unspecified atom stereocenters. The second-order valence-corrected chi connectivity index (χ2v) is 7.29. The predicted octanol–water partition coefficient (Wildman–Crippen LogP) is 2.45. The molecule has 2 N–H and O–H groups in total. The number of hydrogen-bond donors (Lipinski definition) is 2. The molecule has 1 aromatic carbocycles. The highest BCUT2D eigenvalue weighted by Gasteiger charge is 2.24. The Balaban J connectivity index is 1.94. The van der Waals surface area contributed by atoms with Gasteiger partial charge in [-0.3, -0.25) is 4.79 Å². The SMILES string of the molecule is CC(C)=N/N=S1\CNCC1CC(=O)Nc1ccc(C)cc1. The van der Waals surface area contributed by atoms with Gasteiger partial charge in [0.05, 0.1) is 5.88 Å². The van der Waals surface area contributed by atoms with Crippen LogP contribution >= 0.6 is 0 Å². The summed E-state index contributed by atoms with van der Waals surface area (Å²) in [6.45, 7) is 6.70. The maximum Gasteiger partial charge on any atom is 0.225 e. The van der Waals surface area contributed by atoms with Crippen LogP contribution in [0, 0.1) is 6.92 Å². The van der Waals surface area contributed by atoms with Gasteiger partial charge in [0, 0.05) is 29.6 Å². The molecule has 2 atom stereocenters. The molecule has 0 bridgehead atoms. The topological polar surface area (TPSA) is 65.8 Å². The van der Waals surface area contributed by atoms with Crippen LogP contribution in [0.1, 0.15) is 25.8 Å². The van der Waals surface area contributed by atoms with Crippen LogP contribution in [0.5, 0.6) is 0 Å². The van der Waals surface area contributed by atoms with Crippen molar-refractivity contribution in [3.8, 4) is 0 Å². The zero-order valence-electron chi connectivity index (χ0n) is 12.7. The van der Waals surface area contributed by atoms with E-state index in [1.807, 2.05) is 45.0 Å². The molecule has 1 aromatic rings. The van der Waals surface area contributed by atoms with E-state index in [4.69, 9.17) is 0 Å². The summed E-state index contributed by atoms with van der Waals surface area (Å²) in [5, 5.41) is 10.6. The third-order valence-electron chi connectivity index (χ3n) is 3.10. The molecule has 1 aliphatic heterocycles. The number of hydrogen-bond acceptors (Lipinski definition) is 3. The maximum absolute atomic E-state index is 12.1. The fourth-order valence-electron chi connectivity index (χ4n) is 1.99. The molecule has 1 heterocycles. The molecule has 0 aromatic heterocycles. The maximum atomic E-state index is 12.1. The highest BCUT2D eigenvalue weighted by molar-refractivity contribution is 7.88. The van der Waals surface area contributed by atoms with Gasteiger partial charge < -0.3 is 10.6 Å². The lowest BCUT2D eigenvalue weighted by Crippen LogP contribution is -2.23. The van der Waals surface area contributed by atoms with Gasteiger partial charge in [-0.25, -0.2) is 0 Å². The predicted molar refractivity (Wildman–Crippen MR) is 89.7 cm³/mol. The first-order valence-electron chi connectivity index (χ1n) is 7.03. The molecule has 1 saturated heterocycles. The molecule has 114 valence electrons. The van der Waals surface area contributed by atoms with E-state index in [2.05, 4.69) is 20.2 Å². The summed E-state index contributed by atoms with van der Waals surface area (Å²) in [6, 6.07) is 7.83.